The molecule has 80 valence electrons. The Balaban J connectivity index is 1.55. The second-order valence-electron chi connectivity index (χ2n) is 5.72. The van der Waals surface area contributed by atoms with Crippen LogP contribution in [0.25, 0.3) is 0 Å². The maximum Gasteiger partial charge on any atom is 0.0101 e. The summed E-state index contributed by atoms with van der Waals surface area (Å²) >= 11 is 0. The molecule has 1 nitrogen and oxygen atoms in total. The van der Waals surface area contributed by atoms with E-state index >= 15 is 0 Å². The molecular formula is C13H23N. The van der Waals surface area contributed by atoms with E-state index in [9.17, 15) is 0 Å². The summed E-state index contributed by atoms with van der Waals surface area (Å²) in [5, 5.41) is 3.97. The van der Waals surface area contributed by atoms with Gasteiger partial charge in [0.1, 0.15) is 0 Å². The van der Waals surface area contributed by atoms with Gasteiger partial charge < -0.3 is 5.32 Å². The van der Waals surface area contributed by atoms with Crippen molar-refractivity contribution in [2.24, 2.45) is 17.8 Å². The van der Waals surface area contributed by atoms with Crippen molar-refractivity contribution in [3.63, 3.8) is 0 Å². The molecule has 0 heterocycles. The summed E-state index contributed by atoms with van der Waals surface area (Å²) in [6, 6.07) is 1.79. The highest BCUT2D eigenvalue weighted by atomic mass is 15.0. The van der Waals surface area contributed by atoms with Gasteiger partial charge in [0.2, 0.25) is 0 Å². The van der Waals surface area contributed by atoms with E-state index < -0.39 is 0 Å². The lowest BCUT2D eigenvalue weighted by molar-refractivity contribution is 0.333. The van der Waals surface area contributed by atoms with Crippen LogP contribution >= 0.6 is 0 Å². The summed E-state index contributed by atoms with van der Waals surface area (Å²) in [7, 11) is 0. The Morgan fingerprint density at radius 2 is 2.00 bits per heavy atom. The highest BCUT2D eigenvalue weighted by molar-refractivity contribution is 5.02. The molecule has 0 radical (unpaired) electrons. The average molecular weight is 193 g/mol. The van der Waals surface area contributed by atoms with Crippen molar-refractivity contribution >= 4 is 0 Å². The Hall–Kier alpha value is -0.0400. The predicted molar refractivity (Wildman–Crippen MR) is 59.2 cm³/mol. The topological polar surface area (TPSA) is 12.0 Å². The Bertz CT molecular complexity index is 213. The van der Waals surface area contributed by atoms with Gasteiger partial charge in [0.25, 0.3) is 0 Å². The standard InChI is InChI=1S/C13H23N/c1-2-9-4-3-5-12(9)14-13-7-6-10-8-11(10)13/h9-14H,2-8H2,1H3. The lowest BCUT2D eigenvalue weighted by Gasteiger charge is -2.25. The van der Waals surface area contributed by atoms with E-state index in [-0.39, 0.29) is 0 Å². The van der Waals surface area contributed by atoms with Crippen LogP contribution in [0.5, 0.6) is 0 Å². The number of hydrogen-bond donors (Lipinski definition) is 1. The molecule has 0 aromatic carbocycles. The molecular weight excluding hydrogens is 170 g/mol. The highest BCUT2D eigenvalue weighted by Gasteiger charge is 2.48. The third-order valence-electron chi connectivity index (χ3n) is 4.95. The molecule has 3 aliphatic carbocycles. The van der Waals surface area contributed by atoms with E-state index in [1.807, 2.05) is 0 Å². The van der Waals surface area contributed by atoms with Crippen molar-refractivity contribution in [2.75, 3.05) is 0 Å². The minimum absolute atomic E-state index is 0.879. The molecule has 0 aromatic heterocycles. The fourth-order valence-corrected chi connectivity index (χ4v) is 3.93. The van der Waals surface area contributed by atoms with E-state index in [0.29, 0.717) is 0 Å². The Labute approximate surface area is 87.7 Å². The van der Waals surface area contributed by atoms with Crippen molar-refractivity contribution in [1.29, 1.82) is 0 Å². The summed E-state index contributed by atoms with van der Waals surface area (Å²) in [5.74, 6) is 3.22. The Morgan fingerprint density at radius 1 is 1.07 bits per heavy atom. The zero-order valence-corrected chi connectivity index (χ0v) is 9.34. The quantitative estimate of drug-likeness (QED) is 0.726. The molecule has 0 saturated heterocycles. The summed E-state index contributed by atoms with van der Waals surface area (Å²) in [6.45, 7) is 2.36. The van der Waals surface area contributed by atoms with Gasteiger partial charge in [-0.1, -0.05) is 19.8 Å². The van der Waals surface area contributed by atoms with Crippen LogP contribution in [-0.4, -0.2) is 12.1 Å². The molecule has 3 aliphatic rings. The first-order valence-electron chi connectivity index (χ1n) is 6.64. The van der Waals surface area contributed by atoms with E-state index in [0.717, 1.165) is 29.8 Å². The number of rotatable bonds is 3. The molecule has 5 atom stereocenters. The van der Waals surface area contributed by atoms with Gasteiger partial charge in [0.05, 0.1) is 0 Å². The highest BCUT2D eigenvalue weighted by Crippen LogP contribution is 2.52. The number of nitrogens with one attached hydrogen (secondary N) is 1. The molecule has 3 fully saturated rings. The Kier molecular flexibility index (Phi) is 2.31. The molecule has 14 heavy (non-hydrogen) atoms. The van der Waals surface area contributed by atoms with Gasteiger partial charge in [0.15, 0.2) is 0 Å². The molecule has 5 unspecified atom stereocenters. The smallest absolute Gasteiger partial charge is 0.0101 e. The summed E-state index contributed by atoms with van der Waals surface area (Å²) in [4.78, 5) is 0. The average Bonchev–Trinajstić information content (AvgIpc) is 2.68. The van der Waals surface area contributed by atoms with Gasteiger partial charge in [-0.2, -0.15) is 0 Å². The molecule has 3 rings (SSSR count). The van der Waals surface area contributed by atoms with Gasteiger partial charge in [-0.3, -0.25) is 0 Å². The van der Waals surface area contributed by atoms with Crippen LogP contribution in [0.2, 0.25) is 0 Å². The van der Waals surface area contributed by atoms with Crippen molar-refractivity contribution in [2.45, 2.75) is 64.0 Å². The van der Waals surface area contributed by atoms with Gasteiger partial charge in [-0.25, -0.2) is 0 Å². The predicted octanol–water partition coefficient (Wildman–Crippen LogP) is 2.95. The normalized spacial score (nSPS) is 50.8. The fraction of sp³-hybridized carbons (Fsp3) is 1.00. The third kappa shape index (κ3) is 1.50. The molecule has 0 bridgehead atoms. The van der Waals surface area contributed by atoms with E-state index in [1.54, 1.807) is 6.42 Å². The summed E-state index contributed by atoms with van der Waals surface area (Å²) < 4.78 is 0. The molecule has 3 saturated carbocycles. The maximum absolute atomic E-state index is 3.97. The lowest BCUT2D eigenvalue weighted by atomic mass is 9.99. The monoisotopic (exact) mass is 193 g/mol. The zero-order chi connectivity index (χ0) is 9.54. The SMILES string of the molecule is CCC1CCCC1NC1CCC2CC21. The van der Waals surface area contributed by atoms with Crippen LogP contribution in [0.1, 0.15) is 51.9 Å². The first kappa shape index (κ1) is 9.21. The third-order valence-corrected chi connectivity index (χ3v) is 4.95. The summed E-state index contributed by atoms with van der Waals surface area (Å²) in [5.41, 5.74) is 0. The fourth-order valence-electron chi connectivity index (χ4n) is 3.93. The van der Waals surface area contributed by atoms with Crippen molar-refractivity contribution in [3.05, 3.63) is 0 Å². The van der Waals surface area contributed by atoms with Gasteiger partial charge >= 0.3 is 0 Å². The molecule has 0 aromatic rings. The van der Waals surface area contributed by atoms with Crippen LogP contribution < -0.4 is 5.32 Å². The van der Waals surface area contributed by atoms with E-state index in [4.69, 9.17) is 0 Å². The number of fused-ring (bicyclic) bond motifs is 1. The Morgan fingerprint density at radius 3 is 2.64 bits per heavy atom. The summed E-state index contributed by atoms with van der Waals surface area (Å²) in [6.07, 6.45) is 10.3. The first-order valence-corrected chi connectivity index (χ1v) is 6.64. The van der Waals surface area contributed by atoms with Crippen LogP contribution in [-0.2, 0) is 0 Å². The van der Waals surface area contributed by atoms with Crippen molar-refractivity contribution < 1.29 is 0 Å². The van der Waals surface area contributed by atoms with Crippen molar-refractivity contribution in [1.82, 2.24) is 5.32 Å². The van der Waals surface area contributed by atoms with Crippen molar-refractivity contribution in [3.8, 4) is 0 Å². The molecule has 1 N–H and O–H groups in total. The molecule has 1 heteroatoms. The van der Waals surface area contributed by atoms with Crippen LogP contribution in [0.3, 0.4) is 0 Å². The van der Waals surface area contributed by atoms with E-state index in [1.165, 1.54) is 38.5 Å². The molecule has 0 aliphatic heterocycles. The second-order valence-corrected chi connectivity index (χ2v) is 5.72. The maximum atomic E-state index is 3.97. The van der Waals surface area contributed by atoms with Gasteiger partial charge in [0, 0.05) is 12.1 Å². The van der Waals surface area contributed by atoms with Crippen LogP contribution in [0.15, 0.2) is 0 Å². The minimum atomic E-state index is 0.879. The largest absolute Gasteiger partial charge is 0.311 e. The first-order chi connectivity index (χ1) is 6.88. The zero-order valence-electron chi connectivity index (χ0n) is 9.34. The number of hydrogen-bond acceptors (Lipinski definition) is 1. The molecule has 0 spiro atoms. The van der Waals surface area contributed by atoms with Crippen LogP contribution in [0.4, 0.5) is 0 Å². The minimum Gasteiger partial charge on any atom is -0.311 e. The van der Waals surface area contributed by atoms with E-state index in [2.05, 4.69) is 12.2 Å². The van der Waals surface area contributed by atoms with Gasteiger partial charge in [-0.15, -0.1) is 0 Å². The lowest BCUT2D eigenvalue weighted by Crippen LogP contribution is -2.40. The van der Waals surface area contributed by atoms with Crippen LogP contribution in [0, 0.1) is 17.8 Å². The second kappa shape index (κ2) is 3.52. The molecule has 0 amide bonds. The van der Waals surface area contributed by atoms with Gasteiger partial charge in [-0.05, 0) is 49.9 Å².